The maximum Gasteiger partial charge on any atom is 0.0362 e. The van der Waals surface area contributed by atoms with E-state index < -0.39 is 0 Å². The molecular weight excluding hydrogens is 220 g/mol. The fraction of sp³-hybridized carbons (Fsp3) is 1.00. The van der Waals surface area contributed by atoms with Crippen LogP contribution in [0.1, 0.15) is 72.6 Å². The molecule has 2 unspecified atom stereocenters. The van der Waals surface area contributed by atoms with Crippen molar-refractivity contribution in [3.8, 4) is 0 Å². The van der Waals surface area contributed by atoms with Crippen LogP contribution in [0.15, 0.2) is 0 Å². The van der Waals surface area contributed by atoms with Gasteiger partial charge in [0.2, 0.25) is 0 Å². The van der Waals surface area contributed by atoms with Gasteiger partial charge in [-0.3, -0.25) is 4.90 Å². The van der Waals surface area contributed by atoms with Crippen LogP contribution in [-0.4, -0.2) is 29.6 Å². The van der Waals surface area contributed by atoms with Crippen LogP contribution < -0.4 is 5.73 Å². The first-order valence-electron chi connectivity index (χ1n) is 8.09. The van der Waals surface area contributed by atoms with Crippen LogP contribution in [-0.2, 0) is 0 Å². The minimum absolute atomic E-state index is 0.302. The molecule has 0 aromatic heterocycles. The van der Waals surface area contributed by atoms with Gasteiger partial charge < -0.3 is 5.73 Å². The van der Waals surface area contributed by atoms with Gasteiger partial charge in [-0.15, -0.1) is 0 Å². The summed E-state index contributed by atoms with van der Waals surface area (Å²) >= 11 is 0. The number of hydrogen-bond acceptors (Lipinski definition) is 2. The van der Waals surface area contributed by atoms with E-state index in [1.54, 1.807) is 0 Å². The van der Waals surface area contributed by atoms with Gasteiger partial charge in [-0.05, 0) is 45.6 Å². The molecule has 0 heterocycles. The Kier molecular flexibility index (Phi) is 6.65. The molecule has 0 saturated heterocycles. The highest BCUT2D eigenvalue weighted by molar-refractivity contribution is 5.02. The van der Waals surface area contributed by atoms with E-state index in [4.69, 9.17) is 5.73 Å². The molecule has 0 spiro atoms. The average Bonchev–Trinajstić information content (AvgIpc) is 2.78. The summed E-state index contributed by atoms with van der Waals surface area (Å²) in [6.07, 6.45) is 9.32. The van der Waals surface area contributed by atoms with Gasteiger partial charge in [-0.1, -0.05) is 39.5 Å². The van der Waals surface area contributed by atoms with Gasteiger partial charge in [-0.2, -0.15) is 0 Å². The first-order chi connectivity index (χ1) is 8.62. The number of nitrogens with zero attached hydrogens (tertiary/aromatic N) is 1. The highest BCUT2D eigenvalue weighted by Crippen LogP contribution is 2.42. The molecule has 2 nitrogen and oxygen atoms in total. The monoisotopic (exact) mass is 254 g/mol. The van der Waals surface area contributed by atoms with Crippen LogP contribution in [0.5, 0.6) is 0 Å². The largest absolute Gasteiger partial charge is 0.329 e. The predicted octanol–water partition coefficient (Wildman–Crippen LogP) is 3.79. The molecule has 1 rings (SSSR count). The second-order valence-electron chi connectivity index (χ2n) is 6.30. The molecular formula is C16H34N2. The van der Waals surface area contributed by atoms with E-state index in [1.165, 1.54) is 51.5 Å². The molecule has 2 heteroatoms. The number of unbranched alkanes of at least 4 members (excludes halogenated alkanes) is 2. The Morgan fingerprint density at radius 2 is 2.00 bits per heavy atom. The second-order valence-corrected chi connectivity index (χ2v) is 6.30. The molecule has 0 aliphatic heterocycles. The average molecular weight is 254 g/mol. The standard InChI is InChI=1S/C16H34N2/c1-5-7-8-12-18(14(3)4)16(13-17)11-9-10-15(16)6-2/h14-15H,5-13,17H2,1-4H3. The van der Waals surface area contributed by atoms with Crippen LogP contribution in [0.4, 0.5) is 0 Å². The molecule has 0 bridgehead atoms. The summed E-state index contributed by atoms with van der Waals surface area (Å²) in [7, 11) is 0. The Morgan fingerprint density at radius 1 is 1.28 bits per heavy atom. The van der Waals surface area contributed by atoms with Gasteiger partial charge in [0.05, 0.1) is 0 Å². The maximum absolute atomic E-state index is 6.24. The molecule has 0 aromatic rings. The third-order valence-corrected chi connectivity index (χ3v) is 4.97. The third-order valence-electron chi connectivity index (χ3n) is 4.97. The van der Waals surface area contributed by atoms with E-state index in [1.807, 2.05) is 0 Å². The van der Waals surface area contributed by atoms with Gasteiger partial charge in [0, 0.05) is 18.1 Å². The number of rotatable bonds is 8. The van der Waals surface area contributed by atoms with E-state index in [9.17, 15) is 0 Å². The van der Waals surface area contributed by atoms with Crippen LogP contribution >= 0.6 is 0 Å². The van der Waals surface area contributed by atoms with Crippen molar-refractivity contribution in [1.82, 2.24) is 4.90 Å². The summed E-state index contributed by atoms with van der Waals surface area (Å²) in [4.78, 5) is 2.74. The van der Waals surface area contributed by atoms with E-state index in [-0.39, 0.29) is 0 Å². The fourth-order valence-corrected chi connectivity index (χ4v) is 4.00. The normalized spacial score (nSPS) is 28.5. The highest BCUT2D eigenvalue weighted by Gasteiger charge is 2.45. The van der Waals surface area contributed by atoms with Crippen molar-refractivity contribution in [2.75, 3.05) is 13.1 Å². The minimum atomic E-state index is 0.302. The van der Waals surface area contributed by atoms with Gasteiger partial charge >= 0.3 is 0 Å². The molecule has 2 N–H and O–H groups in total. The van der Waals surface area contributed by atoms with Crippen molar-refractivity contribution in [3.05, 3.63) is 0 Å². The lowest BCUT2D eigenvalue weighted by Crippen LogP contribution is -2.58. The lowest BCUT2D eigenvalue weighted by atomic mass is 9.82. The van der Waals surface area contributed by atoms with Crippen LogP contribution in [0.2, 0.25) is 0 Å². The molecule has 0 radical (unpaired) electrons. The lowest BCUT2D eigenvalue weighted by Gasteiger charge is -2.47. The molecule has 108 valence electrons. The summed E-state index contributed by atoms with van der Waals surface area (Å²) in [5.41, 5.74) is 6.54. The smallest absolute Gasteiger partial charge is 0.0362 e. The Labute approximate surface area is 114 Å². The molecule has 2 atom stereocenters. The van der Waals surface area contributed by atoms with Gasteiger partial charge in [-0.25, -0.2) is 0 Å². The summed E-state index contributed by atoms with van der Waals surface area (Å²) in [5.74, 6) is 0.812. The van der Waals surface area contributed by atoms with E-state index in [0.29, 0.717) is 11.6 Å². The van der Waals surface area contributed by atoms with Gasteiger partial charge in [0.1, 0.15) is 0 Å². The van der Waals surface area contributed by atoms with Crippen LogP contribution in [0.3, 0.4) is 0 Å². The summed E-state index contributed by atoms with van der Waals surface area (Å²) in [6.45, 7) is 11.4. The summed E-state index contributed by atoms with van der Waals surface area (Å²) in [5, 5.41) is 0. The summed E-state index contributed by atoms with van der Waals surface area (Å²) < 4.78 is 0. The first-order valence-corrected chi connectivity index (χ1v) is 8.09. The molecule has 1 aliphatic rings. The SMILES string of the molecule is CCCCCN(C(C)C)C1(CN)CCCC1CC. The molecule has 0 amide bonds. The Hall–Kier alpha value is -0.0800. The van der Waals surface area contributed by atoms with Crippen molar-refractivity contribution in [3.63, 3.8) is 0 Å². The van der Waals surface area contributed by atoms with Crippen molar-refractivity contribution in [2.45, 2.75) is 84.2 Å². The van der Waals surface area contributed by atoms with Crippen molar-refractivity contribution >= 4 is 0 Å². The quantitative estimate of drug-likeness (QED) is 0.668. The van der Waals surface area contributed by atoms with Crippen molar-refractivity contribution in [2.24, 2.45) is 11.7 Å². The zero-order valence-corrected chi connectivity index (χ0v) is 13.0. The second kappa shape index (κ2) is 7.49. The van der Waals surface area contributed by atoms with Gasteiger partial charge in [0.15, 0.2) is 0 Å². The predicted molar refractivity (Wildman–Crippen MR) is 80.8 cm³/mol. The zero-order valence-electron chi connectivity index (χ0n) is 13.0. The van der Waals surface area contributed by atoms with Gasteiger partial charge in [0.25, 0.3) is 0 Å². The first kappa shape index (κ1) is 16.0. The number of hydrogen-bond donors (Lipinski definition) is 1. The lowest BCUT2D eigenvalue weighted by molar-refractivity contribution is 0.0266. The van der Waals surface area contributed by atoms with E-state index >= 15 is 0 Å². The van der Waals surface area contributed by atoms with Crippen LogP contribution in [0.25, 0.3) is 0 Å². The van der Waals surface area contributed by atoms with Crippen molar-refractivity contribution in [1.29, 1.82) is 0 Å². The fourth-order valence-electron chi connectivity index (χ4n) is 4.00. The maximum atomic E-state index is 6.24. The minimum Gasteiger partial charge on any atom is -0.329 e. The molecule has 0 aromatic carbocycles. The summed E-state index contributed by atoms with van der Waals surface area (Å²) in [6, 6.07) is 0.623. The molecule has 1 fully saturated rings. The van der Waals surface area contributed by atoms with E-state index in [2.05, 4.69) is 32.6 Å². The Bertz CT molecular complexity index is 227. The zero-order chi connectivity index (χ0) is 13.6. The Balaban J connectivity index is 2.79. The van der Waals surface area contributed by atoms with E-state index in [0.717, 1.165) is 12.5 Å². The molecule has 18 heavy (non-hydrogen) atoms. The topological polar surface area (TPSA) is 29.3 Å². The highest BCUT2D eigenvalue weighted by atomic mass is 15.2. The van der Waals surface area contributed by atoms with Crippen LogP contribution in [0, 0.1) is 5.92 Å². The third kappa shape index (κ3) is 3.27. The molecule has 1 saturated carbocycles. The Morgan fingerprint density at radius 3 is 2.50 bits per heavy atom. The molecule has 1 aliphatic carbocycles. The van der Waals surface area contributed by atoms with Crippen molar-refractivity contribution < 1.29 is 0 Å². The number of nitrogens with two attached hydrogens (primary N) is 1.